The monoisotopic (exact) mass is 459 g/mol. The van der Waals surface area contributed by atoms with Crippen LogP contribution in [0, 0.1) is 5.92 Å². The number of fused-ring (bicyclic) bond motifs is 2. The van der Waals surface area contributed by atoms with E-state index in [9.17, 15) is 19.8 Å². The van der Waals surface area contributed by atoms with Gasteiger partial charge in [0.05, 0.1) is 6.61 Å². The van der Waals surface area contributed by atoms with Gasteiger partial charge in [-0.3, -0.25) is 14.5 Å². The normalized spacial score (nSPS) is 23.6. The number of amides is 2. The first-order valence-corrected chi connectivity index (χ1v) is 12.6. The SMILES string of the molecule is CCC(CC)CN(CCCN1[C@@H]2CC[C@H]1C[C@@H](c1cccc(C(N)=O)c1)C2)C(=O)[C@@H](O)CO. The van der Waals surface area contributed by atoms with Gasteiger partial charge in [0.25, 0.3) is 5.91 Å². The highest BCUT2D eigenvalue weighted by molar-refractivity contribution is 5.92. The van der Waals surface area contributed by atoms with Crippen molar-refractivity contribution in [3.05, 3.63) is 35.4 Å². The molecule has 2 bridgehead atoms. The summed E-state index contributed by atoms with van der Waals surface area (Å²) in [6.07, 6.45) is 6.05. The summed E-state index contributed by atoms with van der Waals surface area (Å²) >= 11 is 0. The van der Waals surface area contributed by atoms with E-state index >= 15 is 0 Å². The van der Waals surface area contributed by atoms with E-state index in [4.69, 9.17) is 5.73 Å². The molecule has 33 heavy (non-hydrogen) atoms. The fourth-order valence-electron chi connectivity index (χ4n) is 5.74. The van der Waals surface area contributed by atoms with Crippen molar-refractivity contribution in [1.29, 1.82) is 0 Å². The van der Waals surface area contributed by atoms with Gasteiger partial charge in [-0.25, -0.2) is 0 Å². The number of piperidine rings is 1. The number of aliphatic hydroxyl groups excluding tert-OH is 2. The largest absolute Gasteiger partial charge is 0.393 e. The van der Waals surface area contributed by atoms with Crippen molar-refractivity contribution in [3.63, 3.8) is 0 Å². The van der Waals surface area contributed by atoms with Crippen LogP contribution in [0.25, 0.3) is 0 Å². The molecule has 2 heterocycles. The van der Waals surface area contributed by atoms with E-state index in [0.717, 1.165) is 38.6 Å². The van der Waals surface area contributed by atoms with Crippen molar-refractivity contribution in [2.75, 3.05) is 26.2 Å². The van der Waals surface area contributed by atoms with E-state index in [1.165, 1.54) is 18.4 Å². The lowest BCUT2D eigenvalue weighted by molar-refractivity contribution is -0.143. The Balaban J connectivity index is 1.57. The summed E-state index contributed by atoms with van der Waals surface area (Å²) in [7, 11) is 0. The van der Waals surface area contributed by atoms with Crippen molar-refractivity contribution >= 4 is 11.8 Å². The molecule has 0 aliphatic carbocycles. The fraction of sp³-hybridized carbons (Fsp3) is 0.692. The summed E-state index contributed by atoms with van der Waals surface area (Å²) in [5, 5.41) is 19.2. The van der Waals surface area contributed by atoms with Gasteiger partial charge in [0.15, 0.2) is 6.10 Å². The second kappa shape index (κ2) is 12.0. The van der Waals surface area contributed by atoms with Crippen LogP contribution >= 0.6 is 0 Å². The van der Waals surface area contributed by atoms with E-state index in [-0.39, 0.29) is 11.8 Å². The first-order valence-electron chi connectivity index (χ1n) is 12.6. The van der Waals surface area contributed by atoms with Gasteiger partial charge in [-0.15, -0.1) is 0 Å². The van der Waals surface area contributed by atoms with Crippen LogP contribution < -0.4 is 5.73 Å². The summed E-state index contributed by atoms with van der Waals surface area (Å²) in [4.78, 5) is 28.5. The Labute approximate surface area is 197 Å². The summed E-state index contributed by atoms with van der Waals surface area (Å²) in [5.41, 5.74) is 7.26. The Hall–Kier alpha value is -1.96. The number of primary amides is 1. The Bertz CT molecular complexity index is 783. The lowest BCUT2D eigenvalue weighted by atomic mass is 9.84. The van der Waals surface area contributed by atoms with Gasteiger partial charge in [0, 0.05) is 37.3 Å². The van der Waals surface area contributed by atoms with Crippen LogP contribution in [0.4, 0.5) is 0 Å². The highest BCUT2D eigenvalue weighted by Crippen LogP contribution is 2.43. The fourth-order valence-corrected chi connectivity index (χ4v) is 5.74. The standard InChI is InChI=1S/C26H41N3O4/c1-3-18(4-2)16-28(26(33)24(31)17-30)11-6-12-29-22-9-10-23(29)15-21(14-22)19-7-5-8-20(13-19)25(27)32/h5,7-8,13,18,21-24,30-31H,3-4,6,9-12,14-17H2,1-2H3,(H2,27,32)/t21-,22+,23-,24-/m0/s1. The second-order valence-electron chi connectivity index (χ2n) is 9.80. The molecule has 2 fully saturated rings. The van der Waals surface area contributed by atoms with Gasteiger partial charge in [0.2, 0.25) is 5.91 Å². The summed E-state index contributed by atoms with van der Waals surface area (Å²) in [6.45, 7) is 5.89. The molecule has 1 aromatic carbocycles. The molecule has 4 atom stereocenters. The molecule has 7 heteroatoms. The number of hydrogen-bond donors (Lipinski definition) is 3. The van der Waals surface area contributed by atoms with Crippen LogP contribution in [0.2, 0.25) is 0 Å². The quantitative estimate of drug-likeness (QED) is 0.445. The maximum atomic E-state index is 12.6. The molecule has 2 amide bonds. The minimum absolute atomic E-state index is 0.361. The Kier molecular flexibility index (Phi) is 9.29. The summed E-state index contributed by atoms with van der Waals surface area (Å²) in [6, 6.07) is 8.82. The van der Waals surface area contributed by atoms with E-state index in [1.54, 1.807) is 11.0 Å². The van der Waals surface area contributed by atoms with Crippen LogP contribution in [-0.2, 0) is 4.79 Å². The molecule has 2 aliphatic heterocycles. The van der Waals surface area contributed by atoms with Crippen LogP contribution in [-0.4, -0.2) is 76.3 Å². The molecule has 184 valence electrons. The van der Waals surface area contributed by atoms with Crippen molar-refractivity contribution in [3.8, 4) is 0 Å². The van der Waals surface area contributed by atoms with Gasteiger partial charge < -0.3 is 20.8 Å². The van der Waals surface area contributed by atoms with Gasteiger partial charge in [0.1, 0.15) is 0 Å². The number of nitrogens with zero attached hydrogens (tertiary/aromatic N) is 2. The Morgan fingerprint density at radius 2 is 1.85 bits per heavy atom. The van der Waals surface area contributed by atoms with Crippen LogP contribution in [0.1, 0.15) is 80.6 Å². The van der Waals surface area contributed by atoms with E-state index in [0.29, 0.717) is 42.6 Å². The van der Waals surface area contributed by atoms with Crippen molar-refractivity contribution in [2.45, 2.75) is 82.9 Å². The zero-order valence-electron chi connectivity index (χ0n) is 20.2. The number of rotatable bonds is 12. The topological polar surface area (TPSA) is 107 Å². The Morgan fingerprint density at radius 3 is 2.42 bits per heavy atom. The molecular formula is C26H41N3O4. The molecule has 0 radical (unpaired) electrons. The molecule has 1 aromatic rings. The van der Waals surface area contributed by atoms with Gasteiger partial charge in [-0.1, -0.05) is 38.8 Å². The number of carbonyl (C=O) groups is 2. The number of hydrogen-bond acceptors (Lipinski definition) is 5. The van der Waals surface area contributed by atoms with Gasteiger partial charge in [-0.05, 0) is 61.6 Å². The van der Waals surface area contributed by atoms with Crippen LogP contribution in [0.5, 0.6) is 0 Å². The first-order chi connectivity index (χ1) is 15.9. The molecule has 0 spiro atoms. The maximum Gasteiger partial charge on any atom is 0.253 e. The van der Waals surface area contributed by atoms with Crippen LogP contribution in [0.15, 0.2) is 24.3 Å². The predicted octanol–water partition coefficient (Wildman–Crippen LogP) is 2.50. The number of nitrogens with two attached hydrogens (primary N) is 1. The van der Waals surface area contributed by atoms with E-state index in [2.05, 4.69) is 24.8 Å². The minimum Gasteiger partial charge on any atom is -0.393 e. The molecule has 0 aromatic heterocycles. The number of carbonyl (C=O) groups excluding carboxylic acids is 2. The molecule has 2 aliphatic rings. The third kappa shape index (κ3) is 6.34. The number of benzene rings is 1. The summed E-state index contributed by atoms with van der Waals surface area (Å²) < 4.78 is 0. The Morgan fingerprint density at radius 1 is 1.18 bits per heavy atom. The average Bonchev–Trinajstić information content (AvgIpc) is 3.06. The highest BCUT2D eigenvalue weighted by Gasteiger charge is 2.40. The maximum absolute atomic E-state index is 12.6. The second-order valence-corrected chi connectivity index (χ2v) is 9.80. The molecule has 0 saturated carbocycles. The zero-order chi connectivity index (χ0) is 24.0. The lowest BCUT2D eigenvalue weighted by Gasteiger charge is -2.39. The van der Waals surface area contributed by atoms with E-state index in [1.807, 2.05) is 12.1 Å². The smallest absolute Gasteiger partial charge is 0.253 e. The zero-order valence-corrected chi connectivity index (χ0v) is 20.2. The van der Waals surface area contributed by atoms with E-state index < -0.39 is 12.7 Å². The van der Waals surface area contributed by atoms with Crippen molar-refractivity contribution in [2.24, 2.45) is 11.7 Å². The minimum atomic E-state index is -1.33. The predicted molar refractivity (Wildman–Crippen MR) is 129 cm³/mol. The van der Waals surface area contributed by atoms with Crippen molar-refractivity contribution < 1.29 is 19.8 Å². The third-order valence-corrected chi connectivity index (χ3v) is 7.77. The van der Waals surface area contributed by atoms with Crippen molar-refractivity contribution in [1.82, 2.24) is 9.80 Å². The number of aliphatic hydroxyl groups is 2. The lowest BCUT2D eigenvalue weighted by Crippen LogP contribution is -2.46. The van der Waals surface area contributed by atoms with Crippen LogP contribution in [0.3, 0.4) is 0 Å². The highest BCUT2D eigenvalue weighted by atomic mass is 16.3. The molecule has 3 rings (SSSR count). The molecule has 2 saturated heterocycles. The third-order valence-electron chi connectivity index (χ3n) is 7.77. The molecular weight excluding hydrogens is 418 g/mol. The van der Waals surface area contributed by atoms with Gasteiger partial charge in [-0.2, -0.15) is 0 Å². The first kappa shape index (κ1) is 25.7. The molecule has 7 nitrogen and oxygen atoms in total. The molecule has 0 unspecified atom stereocenters. The molecule has 4 N–H and O–H groups in total. The summed E-state index contributed by atoms with van der Waals surface area (Å²) in [5.74, 6) is 0.116. The van der Waals surface area contributed by atoms with Gasteiger partial charge >= 0.3 is 0 Å². The average molecular weight is 460 g/mol.